The summed E-state index contributed by atoms with van der Waals surface area (Å²) in [5.41, 5.74) is 5.65. The van der Waals surface area contributed by atoms with Crippen molar-refractivity contribution in [2.75, 3.05) is 13.7 Å². The van der Waals surface area contributed by atoms with Crippen LogP contribution in [-0.4, -0.2) is 35.5 Å². The fraction of sp³-hybridized carbons (Fsp3) is 0.308. The second-order valence-electron chi connectivity index (χ2n) is 7.80. The maximum atomic E-state index is 13.6. The van der Waals surface area contributed by atoms with Crippen LogP contribution in [0.1, 0.15) is 55.7 Å². The van der Waals surface area contributed by atoms with E-state index in [1.54, 1.807) is 31.1 Å². The van der Waals surface area contributed by atoms with E-state index >= 15 is 0 Å². The molecule has 1 heterocycles. The van der Waals surface area contributed by atoms with E-state index in [0.29, 0.717) is 36.7 Å². The number of benzene rings is 2. The van der Waals surface area contributed by atoms with Crippen molar-refractivity contribution >= 4 is 11.9 Å². The Morgan fingerprint density at radius 3 is 2.31 bits per heavy atom. The summed E-state index contributed by atoms with van der Waals surface area (Å²) in [6, 6.07) is 15.3. The molecule has 32 heavy (non-hydrogen) atoms. The number of aromatic nitrogens is 1. The molecule has 0 bridgehead atoms. The van der Waals surface area contributed by atoms with Gasteiger partial charge in [0.05, 0.1) is 19.3 Å². The van der Waals surface area contributed by atoms with Gasteiger partial charge in [-0.25, -0.2) is 4.79 Å². The SMILES string of the molecule is CCOC(=O)c1[nH]c(C)c(CN(Cc2ccc(C)cc2)C(=O)c2ccccc2OC)c1C. The van der Waals surface area contributed by atoms with E-state index in [-0.39, 0.29) is 11.9 Å². The predicted octanol–water partition coefficient (Wildman–Crippen LogP) is 4.97. The Kier molecular flexibility index (Phi) is 7.36. The van der Waals surface area contributed by atoms with Crippen LogP contribution < -0.4 is 4.74 Å². The molecule has 3 aromatic rings. The fourth-order valence-electron chi connectivity index (χ4n) is 3.73. The summed E-state index contributed by atoms with van der Waals surface area (Å²) in [4.78, 5) is 30.9. The molecule has 6 nitrogen and oxygen atoms in total. The van der Waals surface area contributed by atoms with E-state index in [0.717, 1.165) is 27.9 Å². The number of hydrogen-bond acceptors (Lipinski definition) is 4. The second-order valence-corrected chi connectivity index (χ2v) is 7.80. The van der Waals surface area contributed by atoms with Crippen LogP contribution in [0.25, 0.3) is 0 Å². The van der Waals surface area contributed by atoms with Crippen molar-refractivity contribution in [1.29, 1.82) is 0 Å². The standard InChI is InChI=1S/C26H30N2O4/c1-6-32-26(30)24-18(3)22(19(4)27-24)16-28(15-20-13-11-17(2)12-14-20)25(29)21-9-7-8-10-23(21)31-5/h7-14,27H,6,15-16H2,1-5H3. The molecule has 1 aromatic heterocycles. The zero-order chi connectivity index (χ0) is 23.3. The Balaban J connectivity index is 1.99. The van der Waals surface area contributed by atoms with Gasteiger partial charge in [-0.1, -0.05) is 42.0 Å². The summed E-state index contributed by atoms with van der Waals surface area (Å²) in [7, 11) is 1.56. The molecule has 0 radical (unpaired) electrons. The number of amides is 1. The first kappa shape index (κ1) is 23.1. The van der Waals surface area contributed by atoms with Gasteiger partial charge >= 0.3 is 5.97 Å². The third-order valence-corrected chi connectivity index (χ3v) is 5.54. The number of rotatable bonds is 8. The molecule has 1 N–H and O–H groups in total. The molecule has 0 unspecified atom stereocenters. The number of aromatic amines is 1. The van der Waals surface area contributed by atoms with Crippen LogP contribution in [0.15, 0.2) is 48.5 Å². The van der Waals surface area contributed by atoms with Gasteiger partial charge in [-0.2, -0.15) is 0 Å². The predicted molar refractivity (Wildman–Crippen MR) is 124 cm³/mol. The number of carbonyl (C=O) groups is 2. The van der Waals surface area contributed by atoms with Gasteiger partial charge in [0.2, 0.25) is 0 Å². The van der Waals surface area contributed by atoms with E-state index in [1.807, 2.05) is 57.2 Å². The van der Waals surface area contributed by atoms with E-state index in [4.69, 9.17) is 9.47 Å². The Hall–Kier alpha value is -3.54. The summed E-state index contributed by atoms with van der Waals surface area (Å²) < 4.78 is 10.6. The minimum absolute atomic E-state index is 0.138. The maximum Gasteiger partial charge on any atom is 0.355 e. The molecule has 0 aliphatic heterocycles. The average Bonchev–Trinajstić information content (AvgIpc) is 3.08. The Bertz CT molecular complexity index is 1100. The molecule has 1 amide bonds. The van der Waals surface area contributed by atoms with Crippen molar-refractivity contribution in [3.8, 4) is 5.75 Å². The highest BCUT2D eigenvalue weighted by Crippen LogP contribution is 2.25. The van der Waals surface area contributed by atoms with Crippen molar-refractivity contribution in [3.63, 3.8) is 0 Å². The van der Waals surface area contributed by atoms with Crippen LogP contribution in [0, 0.1) is 20.8 Å². The van der Waals surface area contributed by atoms with Crippen LogP contribution in [-0.2, 0) is 17.8 Å². The monoisotopic (exact) mass is 434 g/mol. The number of methoxy groups -OCH3 is 1. The lowest BCUT2D eigenvalue weighted by molar-refractivity contribution is 0.0519. The summed E-state index contributed by atoms with van der Waals surface area (Å²) in [6.07, 6.45) is 0. The van der Waals surface area contributed by atoms with Gasteiger partial charge < -0.3 is 19.4 Å². The Morgan fingerprint density at radius 2 is 1.66 bits per heavy atom. The third kappa shape index (κ3) is 5.02. The molecule has 0 aliphatic carbocycles. The van der Waals surface area contributed by atoms with E-state index in [1.165, 1.54) is 0 Å². The molecule has 0 spiro atoms. The molecular weight excluding hydrogens is 404 g/mol. The van der Waals surface area contributed by atoms with Crippen molar-refractivity contribution in [2.45, 2.75) is 40.8 Å². The van der Waals surface area contributed by atoms with Gasteiger partial charge in [-0.15, -0.1) is 0 Å². The number of ether oxygens (including phenoxy) is 2. The largest absolute Gasteiger partial charge is 0.496 e. The number of aryl methyl sites for hydroxylation is 2. The van der Waals surface area contributed by atoms with Crippen LogP contribution in [0.3, 0.4) is 0 Å². The summed E-state index contributed by atoms with van der Waals surface area (Å²) in [6.45, 7) is 8.67. The van der Waals surface area contributed by atoms with Crippen molar-refractivity contribution in [3.05, 3.63) is 87.7 Å². The molecule has 0 atom stereocenters. The van der Waals surface area contributed by atoms with Crippen LogP contribution in [0.2, 0.25) is 0 Å². The van der Waals surface area contributed by atoms with E-state index < -0.39 is 0 Å². The first-order valence-electron chi connectivity index (χ1n) is 10.7. The molecular formula is C26H30N2O4. The minimum atomic E-state index is -0.388. The normalized spacial score (nSPS) is 10.7. The first-order valence-corrected chi connectivity index (χ1v) is 10.7. The van der Waals surface area contributed by atoms with Gasteiger partial charge in [0.1, 0.15) is 11.4 Å². The van der Waals surface area contributed by atoms with Gasteiger partial charge in [-0.3, -0.25) is 4.79 Å². The van der Waals surface area contributed by atoms with Crippen LogP contribution in [0.5, 0.6) is 5.75 Å². The highest BCUT2D eigenvalue weighted by molar-refractivity contribution is 5.97. The summed E-state index contributed by atoms with van der Waals surface area (Å²) in [5, 5.41) is 0. The highest BCUT2D eigenvalue weighted by atomic mass is 16.5. The van der Waals surface area contributed by atoms with Gasteiger partial charge in [0.25, 0.3) is 5.91 Å². The molecule has 6 heteroatoms. The molecule has 168 valence electrons. The number of hydrogen-bond donors (Lipinski definition) is 1. The zero-order valence-electron chi connectivity index (χ0n) is 19.3. The lowest BCUT2D eigenvalue weighted by Gasteiger charge is -2.24. The summed E-state index contributed by atoms with van der Waals surface area (Å²) >= 11 is 0. The average molecular weight is 435 g/mol. The van der Waals surface area contributed by atoms with Gasteiger partial charge in [0.15, 0.2) is 0 Å². The first-order chi connectivity index (χ1) is 15.3. The number of H-pyrrole nitrogens is 1. The number of para-hydroxylation sites is 1. The topological polar surface area (TPSA) is 71.6 Å². The fourth-order valence-corrected chi connectivity index (χ4v) is 3.73. The Labute approximate surface area is 189 Å². The van der Waals surface area contributed by atoms with Crippen molar-refractivity contribution in [1.82, 2.24) is 9.88 Å². The number of carbonyl (C=O) groups excluding carboxylic acids is 2. The lowest BCUT2D eigenvalue weighted by atomic mass is 10.1. The molecule has 0 fully saturated rings. The smallest absolute Gasteiger partial charge is 0.355 e. The van der Waals surface area contributed by atoms with Crippen molar-refractivity contribution in [2.24, 2.45) is 0 Å². The van der Waals surface area contributed by atoms with Gasteiger partial charge in [0, 0.05) is 18.8 Å². The number of esters is 1. The van der Waals surface area contributed by atoms with E-state index in [9.17, 15) is 9.59 Å². The zero-order valence-corrected chi connectivity index (χ0v) is 19.3. The van der Waals surface area contributed by atoms with Gasteiger partial charge in [-0.05, 0) is 56.5 Å². The highest BCUT2D eigenvalue weighted by Gasteiger charge is 2.24. The van der Waals surface area contributed by atoms with Crippen molar-refractivity contribution < 1.29 is 19.1 Å². The molecule has 3 rings (SSSR count). The molecule has 2 aromatic carbocycles. The number of nitrogens with one attached hydrogen (secondary N) is 1. The lowest BCUT2D eigenvalue weighted by Crippen LogP contribution is -2.31. The second kappa shape index (κ2) is 10.2. The molecule has 0 saturated carbocycles. The van der Waals surface area contributed by atoms with Crippen LogP contribution in [0.4, 0.5) is 0 Å². The minimum Gasteiger partial charge on any atom is -0.496 e. The summed E-state index contributed by atoms with van der Waals surface area (Å²) in [5.74, 6) is 0.00216. The number of nitrogens with zero attached hydrogens (tertiary/aromatic N) is 1. The molecule has 0 saturated heterocycles. The van der Waals surface area contributed by atoms with Crippen LogP contribution >= 0.6 is 0 Å². The Morgan fingerprint density at radius 1 is 0.969 bits per heavy atom. The quantitative estimate of drug-likeness (QED) is 0.508. The molecule has 0 aliphatic rings. The maximum absolute atomic E-state index is 13.6. The third-order valence-electron chi connectivity index (χ3n) is 5.54. The van der Waals surface area contributed by atoms with E-state index in [2.05, 4.69) is 4.98 Å².